The average Bonchev–Trinajstić information content (AvgIpc) is 3.09. The first-order valence-corrected chi connectivity index (χ1v) is 16.0. The van der Waals surface area contributed by atoms with Crippen LogP contribution in [0.4, 0.5) is 4.79 Å². The van der Waals surface area contributed by atoms with Gasteiger partial charge in [0, 0.05) is 29.2 Å². The molecule has 1 heterocycles. The van der Waals surface area contributed by atoms with E-state index in [0.717, 1.165) is 45.6 Å². The second-order valence-corrected chi connectivity index (χ2v) is 11.7. The zero-order chi connectivity index (χ0) is 31.4. The molecule has 0 saturated carbocycles. The van der Waals surface area contributed by atoms with Crippen LogP contribution in [0.5, 0.6) is 0 Å². The maximum Gasteiger partial charge on any atom is 0.325 e. The molecule has 1 aliphatic heterocycles. The van der Waals surface area contributed by atoms with Gasteiger partial charge in [0.2, 0.25) is 0 Å². The number of aliphatic hydroxyl groups excluding tert-OH is 1. The summed E-state index contributed by atoms with van der Waals surface area (Å²) < 4.78 is 17.8. The van der Waals surface area contributed by atoms with Gasteiger partial charge in [-0.1, -0.05) is 84.9 Å². The van der Waals surface area contributed by atoms with Crippen molar-refractivity contribution in [3.05, 3.63) is 125 Å². The SMILES string of the molecule is CCOC(=O)CNC(=O)NCc1cccc(-c2ccc([C@@H]3O[C@H](CSc4ccccc4)C[C@H](c4ccc(CO)cc4)O3)cc2)c1. The number of aliphatic hydroxyl groups is 1. The molecule has 2 amide bonds. The van der Waals surface area contributed by atoms with E-state index in [1.54, 1.807) is 18.7 Å². The fourth-order valence-electron chi connectivity index (χ4n) is 5.03. The number of ether oxygens (including phenoxy) is 3. The van der Waals surface area contributed by atoms with Crippen LogP contribution >= 0.6 is 11.8 Å². The topological polar surface area (TPSA) is 106 Å². The number of amides is 2. The third kappa shape index (κ3) is 9.42. The van der Waals surface area contributed by atoms with E-state index in [2.05, 4.69) is 22.8 Å². The summed E-state index contributed by atoms with van der Waals surface area (Å²) in [7, 11) is 0. The van der Waals surface area contributed by atoms with E-state index >= 15 is 0 Å². The largest absolute Gasteiger partial charge is 0.465 e. The minimum Gasteiger partial charge on any atom is -0.465 e. The summed E-state index contributed by atoms with van der Waals surface area (Å²) in [4.78, 5) is 24.7. The van der Waals surface area contributed by atoms with Crippen LogP contribution in [0.25, 0.3) is 11.1 Å². The van der Waals surface area contributed by atoms with Crippen LogP contribution in [0.1, 0.15) is 48.0 Å². The Balaban J connectivity index is 1.25. The minimum atomic E-state index is -0.527. The fraction of sp³-hybridized carbons (Fsp3) is 0.278. The first-order chi connectivity index (χ1) is 22.0. The van der Waals surface area contributed by atoms with Crippen molar-refractivity contribution in [2.75, 3.05) is 18.9 Å². The molecule has 1 aliphatic rings. The van der Waals surface area contributed by atoms with Gasteiger partial charge in [-0.3, -0.25) is 4.79 Å². The van der Waals surface area contributed by atoms with Crippen molar-refractivity contribution < 1.29 is 28.9 Å². The third-order valence-electron chi connectivity index (χ3n) is 7.39. The molecular formula is C36H38N2O6S. The molecule has 1 fully saturated rings. The zero-order valence-electron chi connectivity index (χ0n) is 25.2. The molecule has 4 aromatic carbocycles. The molecule has 9 heteroatoms. The summed E-state index contributed by atoms with van der Waals surface area (Å²) in [6.45, 7) is 2.13. The van der Waals surface area contributed by atoms with Gasteiger partial charge in [-0.2, -0.15) is 0 Å². The van der Waals surface area contributed by atoms with Gasteiger partial charge >= 0.3 is 12.0 Å². The zero-order valence-corrected chi connectivity index (χ0v) is 26.0. The second-order valence-electron chi connectivity index (χ2n) is 10.6. The lowest BCUT2D eigenvalue weighted by Gasteiger charge is -2.36. The van der Waals surface area contributed by atoms with Gasteiger partial charge in [0.1, 0.15) is 6.54 Å². The Morgan fingerprint density at radius 3 is 2.33 bits per heavy atom. The Labute approximate surface area is 268 Å². The van der Waals surface area contributed by atoms with Crippen LogP contribution in [-0.4, -0.2) is 42.1 Å². The Hall–Kier alpha value is -4.15. The van der Waals surface area contributed by atoms with Gasteiger partial charge in [-0.25, -0.2) is 4.79 Å². The number of hydrogen-bond donors (Lipinski definition) is 3. The lowest BCUT2D eigenvalue weighted by molar-refractivity contribution is -0.245. The first-order valence-electron chi connectivity index (χ1n) is 15.1. The standard InChI is InChI=1S/C36H38N2O6S/c1-2-42-34(40)22-38-36(41)37-21-26-7-6-8-30(19-26)27-15-17-29(18-16-27)35-43-31(24-45-32-9-4-3-5-10-32)20-33(44-35)28-13-11-25(23-39)12-14-28/h3-19,31,33,35,39H,2,20-24H2,1H3,(H2,37,38,41)/t31-,33+,35+/m0/s1. The van der Waals surface area contributed by atoms with Crippen molar-refractivity contribution in [1.29, 1.82) is 0 Å². The molecule has 1 saturated heterocycles. The van der Waals surface area contributed by atoms with Gasteiger partial charge in [0.25, 0.3) is 0 Å². The van der Waals surface area contributed by atoms with E-state index in [0.29, 0.717) is 6.54 Å². The predicted molar refractivity (Wildman–Crippen MR) is 174 cm³/mol. The molecule has 234 valence electrons. The summed E-state index contributed by atoms with van der Waals surface area (Å²) in [6.07, 6.45) is 0.0422. The number of hydrogen-bond acceptors (Lipinski definition) is 7. The van der Waals surface area contributed by atoms with E-state index in [1.165, 1.54) is 4.90 Å². The van der Waals surface area contributed by atoms with Crippen molar-refractivity contribution >= 4 is 23.8 Å². The number of urea groups is 1. The molecule has 0 spiro atoms. The van der Waals surface area contributed by atoms with Gasteiger partial charge in [0.05, 0.1) is 25.4 Å². The normalized spacial score (nSPS) is 17.8. The molecule has 0 bridgehead atoms. The van der Waals surface area contributed by atoms with E-state index < -0.39 is 18.3 Å². The number of thioether (sulfide) groups is 1. The molecule has 5 rings (SSSR count). The Kier molecular flexibility index (Phi) is 11.6. The molecule has 3 N–H and O–H groups in total. The Morgan fingerprint density at radius 1 is 0.844 bits per heavy atom. The van der Waals surface area contributed by atoms with Crippen LogP contribution in [0.15, 0.2) is 108 Å². The molecule has 3 atom stereocenters. The smallest absolute Gasteiger partial charge is 0.325 e. The number of esters is 1. The molecule has 0 unspecified atom stereocenters. The molecule has 4 aromatic rings. The summed E-state index contributed by atoms with van der Waals surface area (Å²) in [5, 5.41) is 14.8. The van der Waals surface area contributed by atoms with Crippen molar-refractivity contribution in [3.8, 4) is 11.1 Å². The molecule has 0 aliphatic carbocycles. The lowest BCUT2D eigenvalue weighted by atomic mass is 9.99. The van der Waals surface area contributed by atoms with Gasteiger partial charge in [-0.05, 0) is 52.9 Å². The van der Waals surface area contributed by atoms with Crippen LogP contribution < -0.4 is 10.6 Å². The number of carbonyl (C=O) groups is 2. The van der Waals surface area contributed by atoms with Crippen molar-refractivity contribution in [2.45, 2.75) is 49.9 Å². The highest BCUT2D eigenvalue weighted by Gasteiger charge is 2.32. The summed E-state index contributed by atoms with van der Waals surface area (Å²) >= 11 is 1.78. The van der Waals surface area contributed by atoms with Crippen molar-refractivity contribution in [2.24, 2.45) is 0 Å². The minimum absolute atomic E-state index is 0.00606. The number of carbonyl (C=O) groups excluding carboxylic acids is 2. The van der Waals surface area contributed by atoms with E-state index in [9.17, 15) is 14.7 Å². The van der Waals surface area contributed by atoms with Gasteiger partial charge < -0.3 is 30.0 Å². The monoisotopic (exact) mass is 626 g/mol. The van der Waals surface area contributed by atoms with Crippen LogP contribution in [0.3, 0.4) is 0 Å². The lowest BCUT2D eigenvalue weighted by Crippen LogP contribution is -2.38. The van der Waals surface area contributed by atoms with Gasteiger partial charge in [0.15, 0.2) is 6.29 Å². The highest BCUT2D eigenvalue weighted by atomic mass is 32.2. The first kappa shape index (κ1) is 32.2. The quantitative estimate of drug-likeness (QED) is 0.121. The maximum atomic E-state index is 12.1. The number of rotatable bonds is 12. The number of benzene rings is 4. The van der Waals surface area contributed by atoms with Crippen LogP contribution in [0.2, 0.25) is 0 Å². The summed E-state index contributed by atoms with van der Waals surface area (Å²) in [5.74, 6) is 0.324. The summed E-state index contributed by atoms with van der Waals surface area (Å²) in [5.41, 5.74) is 5.82. The van der Waals surface area contributed by atoms with Crippen molar-refractivity contribution in [3.63, 3.8) is 0 Å². The molecule has 8 nitrogen and oxygen atoms in total. The van der Waals surface area contributed by atoms with Gasteiger partial charge in [-0.15, -0.1) is 11.8 Å². The average molecular weight is 627 g/mol. The fourth-order valence-corrected chi connectivity index (χ4v) is 5.97. The molecular weight excluding hydrogens is 588 g/mol. The third-order valence-corrected chi connectivity index (χ3v) is 8.53. The molecule has 0 aromatic heterocycles. The molecule has 45 heavy (non-hydrogen) atoms. The Morgan fingerprint density at radius 2 is 1.60 bits per heavy atom. The Bertz CT molecular complexity index is 1530. The molecule has 0 radical (unpaired) electrons. The van der Waals surface area contributed by atoms with Crippen LogP contribution in [0, 0.1) is 0 Å². The highest BCUT2D eigenvalue weighted by Crippen LogP contribution is 2.40. The van der Waals surface area contributed by atoms with E-state index in [-0.39, 0.29) is 32.0 Å². The number of nitrogens with one attached hydrogen (secondary N) is 2. The van der Waals surface area contributed by atoms with Crippen molar-refractivity contribution in [1.82, 2.24) is 10.6 Å². The van der Waals surface area contributed by atoms with E-state index in [1.807, 2.05) is 91.0 Å². The highest BCUT2D eigenvalue weighted by molar-refractivity contribution is 7.99. The summed E-state index contributed by atoms with van der Waals surface area (Å²) in [6, 6.07) is 33.9. The maximum absolute atomic E-state index is 12.1. The predicted octanol–water partition coefficient (Wildman–Crippen LogP) is 6.55. The van der Waals surface area contributed by atoms with Crippen LogP contribution in [-0.2, 0) is 32.2 Å². The second kappa shape index (κ2) is 16.2. The van der Waals surface area contributed by atoms with E-state index in [4.69, 9.17) is 14.2 Å².